The van der Waals surface area contributed by atoms with Crippen molar-refractivity contribution in [3.05, 3.63) is 34.1 Å². The maximum atomic E-state index is 13.1. The van der Waals surface area contributed by atoms with Crippen LogP contribution in [-0.4, -0.2) is 19.8 Å². The van der Waals surface area contributed by atoms with Gasteiger partial charge in [0.15, 0.2) is 0 Å². The molecule has 1 saturated heterocycles. The van der Waals surface area contributed by atoms with Gasteiger partial charge in [0.25, 0.3) is 0 Å². The quantitative estimate of drug-likeness (QED) is 0.847. The van der Waals surface area contributed by atoms with Gasteiger partial charge >= 0.3 is 0 Å². The van der Waals surface area contributed by atoms with Crippen LogP contribution in [0.2, 0.25) is 0 Å². The van der Waals surface area contributed by atoms with Crippen LogP contribution in [0.15, 0.2) is 22.7 Å². The summed E-state index contributed by atoms with van der Waals surface area (Å²) >= 11 is 3.26. The number of hydrogen-bond donors (Lipinski definition) is 0. The minimum atomic E-state index is -0.239. The van der Waals surface area contributed by atoms with Gasteiger partial charge in [0, 0.05) is 17.0 Å². The first kappa shape index (κ1) is 12.0. The zero-order chi connectivity index (χ0) is 11.4. The second-order valence-corrected chi connectivity index (χ2v) is 4.94. The van der Waals surface area contributed by atoms with E-state index in [1.54, 1.807) is 0 Å². The van der Waals surface area contributed by atoms with Crippen LogP contribution in [0.25, 0.3) is 0 Å². The fourth-order valence-electron chi connectivity index (χ4n) is 1.75. The molecule has 1 heterocycles. The Morgan fingerprint density at radius 1 is 1.44 bits per heavy atom. The van der Waals surface area contributed by atoms with Crippen LogP contribution in [0, 0.1) is 11.7 Å². The first-order chi connectivity index (χ1) is 7.74. The van der Waals surface area contributed by atoms with Gasteiger partial charge in [-0.25, -0.2) is 4.39 Å². The van der Waals surface area contributed by atoms with Crippen molar-refractivity contribution in [1.29, 1.82) is 0 Å². The Balaban J connectivity index is 1.80. The molecule has 0 N–H and O–H groups in total. The van der Waals surface area contributed by atoms with Gasteiger partial charge in [-0.1, -0.05) is 15.9 Å². The van der Waals surface area contributed by atoms with Crippen molar-refractivity contribution in [2.24, 2.45) is 5.92 Å². The van der Waals surface area contributed by atoms with E-state index in [-0.39, 0.29) is 5.82 Å². The van der Waals surface area contributed by atoms with Crippen molar-refractivity contribution in [2.45, 2.75) is 13.0 Å². The average Bonchev–Trinajstić information content (AvgIpc) is 2.69. The van der Waals surface area contributed by atoms with E-state index >= 15 is 0 Å². The Bertz CT molecular complexity index is 331. The molecule has 4 heteroatoms. The van der Waals surface area contributed by atoms with E-state index in [0.717, 1.165) is 29.7 Å². The lowest BCUT2D eigenvalue weighted by molar-refractivity contribution is 0.0790. The van der Waals surface area contributed by atoms with Gasteiger partial charge in [-0.05, 0) is 30.2 Å². The normalized spacial score (nSPS) is 20.2. The van der Waals surface area contributed by atoms with Crippen molar-refractivity contribution in [3.63, 3.8) is 0 Å². The average molecular weight is 289 g/mol. The lowest BCUT2D eigenvalue weighted by Gasteiger charge is -2.09. The molecule has 1 fully saturated rings. The molecule has 0 aliphatic carbocycles. The molecule has 1 aromatic rings. The molecule has 0 spiro atoms. The van der Waals surface area contributed by atoms with Gasteiger partial charge in [0.05, 0.1) is 19.8 Å². The SMILES string of the molecule is Fc1cc(Br)cc(COCC2CCOC2)c1. The maximum absolute atomic E-state index is 13.1. The summed E-state index contributed by atoms with van der Waals surface area (Å²) in [5, 5.41) is 0. The van der Waals surface area contributed by atoms with Gasteiger partial charge in [0.2, 0.25) is 0 Å². The Kier molecular flexibility index (Phi) is 4.32. The Morgan fingerprint density at radius 3 is 3.00 bits per heavy atom. The van der Waals surface area contributed by atoms with Gasteiger partial charge in [0.1, 0.15) is 5.82 Å². The molecule has 0 radical (unpaired) electrons. The van der Waals surface area contributed by atoms with Crippen LogP contribution < -0.4 is 0 Å². The number of halogens is 2. The van der Waals surface area contributed by atoms with Crippen LogP contribution in [-0.2, 0) is 16.1 Å². The Morgan fingerprint density at radius 2 is 2.31 bits per heavy atom. The number of ether oxygens (including phenoxy) is 2. The first-order valence-corrected chi connectivity index (χ1v) is 6.14. The predicted molar refractivity (Wildman–Crippen MR) is 62.7 cm³/mol. The molecule has 2 nitrogen and oxygen atoms in total. The maximum Gasteiger partial charge on any atom is 0.124 e. The summed E-state index contributed by atoms with van der Waals surface area (Å²) in [4.78, 5) is 0. The summed E-state index contributed by atoms with van der Waals surface area (Å²) in [6.07, 6.45) is 1.06. The van der Waals surface area contributed by atoms with Crippen molar-refractivity contribution >= 4 is 15.9 Å². The molecule has 1 atom stereocenters. The van der Waals surface area contributed by atoms with E-state index in [9.17, 15) is 4.39 Å². The zero-order valence-electron chi connectivity index (χ0n) is 8.92. The van der Waals surface area contributed by atoms with Gasteiger partial charge in [-0.2, -0.15) is 0 Å². The zero-order valence-corrected chi connectivity index (χ0v) is 10.5. The van der Waals surface area contributed by atoms with Crippen molar-refractivity contribution < 1.29 is 13.9 Å². The summed E-state index contributed by atoms with van der Waals surface area (Å²) in [6, 6.07) is 4.80. The highest BCUT2D eigenvalue weighted by Crippen LogP contribution is 2.17. The molecule has 88 valence electrons. The standard InChI is InChI=1S/C12H14BrFO2/c13-11-3-10(4-12(14)5-11)8-16-7-9-1-2-15-6-9/h3-5,9H,1-2,6-8H2. The minimum absolute atomic E-state index is 0.239. The second kappa shape index (κ2) is 5.75. The highest BCUT2D eigenvalue weighted by molar-refractivity contribution is 9.10. The van der Waals surface area contributed by atoms with Gasteiger partial charge < -0.3 is 9.47 Å². The molecule has 1 aromatic carbocycles. The van der Waals surface area contributed by atoms with Gasteiger partial charge in [-0.3, -0.25) is 0 Å². The van der Waals surface area contributed by atoms with Crippen LogP contribution in [0.3, 0.4) is 0 Å². The molecular formula is C12H14BrFO2. The summed E-state index contributed by atoms with van der Waals surface area (Å²) in [5.41, 5.74) is 0.853. The molecule has 1 unspecified atom stereocenters. The monoisotopic (exact) mass is 288 g/mol. The third-order valence-electron chi connectivity index (χ3n) is 2.57. The minimum Gasteiger partial charge on any atom is -0.381 e. The van der Waals surface area contributed by atoms with Crippen molar-refractivity contribution in [2.75, 3.05) is 19.8 Å². The number of rotatable bonds is 4. The van der Waals surface area contributed by atoms with E-state index in [2.05, 4.69) is 15.9 Å². The van der Waals surface area contributed by atoms with Crippen molar-refractivity contribution in [3.8, 4) is 0 Å². The molecule has 1 aliphatic heterocycles. The summed E-state index contributed by atoms with van der Waals surface area (Å²) in [7, 11) is 0. The van der Waals surface area contributed by atoms with Gasteiger partial charge in [-0.15, -0.1) is 0 Å². The fraction of sp³-hybridized carbons (Fsp3) is 0.500. The highest BCUT2D eigenvalue weighted by Gasteiger charge is 2.15. The molecular weight excluding hydrogens is 275 g/mol. The van der Waals surface area contributed by atoms with E-state index in [1.807, 2.05) is 6.07 Å². The summed E-state index contributed by atoms with van der Waals surface area (Å²) < 4.78 is 24.6. The molecule has 0 saturated carbocycles. The lowest BCUT2D eigenvalue weighted by Crippen LogP contribution is -2.09. The van der Waals surface area contributed by atoms with Crippen LogP contribution in [0.1, 0.15) is 12.0 Å². The first-order valence-electron chi connectivity index (χ1n) is 5.34. The molecule has 0 amide bonds. The lowest BCUT2D eigenvalue weighted by atomic mass is 10.1. The molecule has 16 heavy (non-hydrogen) atoms. The summed E-state index contributed by atoms with van der Waals surface area (Å²) in [6.45, 7) is 2.76. The smallest absolute Gasteiger partial charge is 0.124 e. The van der Waals surface area contributed by atoms with E-state index in [0.29, 0.717) is 19.1 Å². The number of benzene rings is 1. The Labute approximate surface area is 103 Å². The van der Waals surface area contributed by atoms with Crippen LogP contribution in [0.4, 0.5) is 4.39 Å². The van der Waals surface area contributed by atoms with E-state index < -0.39 is 0 Å². The second-order valence-electron chi connectivity index (χ2n) is 4.02. The Hall–Kier alpha value is -0.450. The highest BCUT2D eigenvalue weighted by atomic mass is 79.9. The van der Waals surface area contributed by atoms with Crippen molar-refractivity contribution in [1.82, 2.24) is 0 Å². The summed E-state index contributed by atoms with van der Waals surface area (Å²) in [5.74, 6) is 0.258. The largest absolute Gasteiger partial charge is 0.381 e. The molecule has 0 bridgehead atoms. The third-order valence-corrected chi connectivity index (χ3v) is 3.03. The predicted octanol–water partition coefficient (Wildman–Crippen LogP) is 3.14. The van der Waals surface area contributed by atoms with Crippen LogP contribution in [0.5, 0.6) is 0 Å². The topological polar surface area (TPSA) is 18.5 Å². The number of hydrogen-bond acceptors (Lipinski definition) is 2. The van der Waals surface area contributed by atoms with Crippen LogP contribution >= 0.6 is 15.9 Å². The van der Waals surface area contributed by atoms with E-state index in [4.69, 9.17) is 9.47 Å². The van der Waals surface area contributed by atoms with E-state index in [1.165, 1.54) is 12.1 Å². The molecule has 0 aromatic heterocycles. The molecule has 2 rings (SSSR count). The third kappa shape index (κ3) is 3.54. The fourth-order valence-corrected chi connectivity index (χ4v) is 2.27. The molecule has 1 aliphatic rings.